The Morgan fingerprint density at radius 1 is 0.480 bits per heavy atom. The van der Waals surface area contributed by atoms with Crippen molar-refractivity contribution in [3.05, 3.63) is 170 Å². The van der Waals surface area contributed by atoms with Crippen LogP contribution >= 0.6 is 0 Å². The molecule has 0 aliphatic heterocycles. The van der Waals surface area contributed by atoms with Crippen molar-refractivity contribution in [2.45, 2.75) is 0 Å². The van der Waals surface area contributed by atoms with Crippen LogP contribution in [0.25, 0.3) is 94.7 Å². The van der Waals surface area contributed by atoms with Crippen molar-refractivity contribution in [3.8, 4) is 51.0 Å². The van der Waals surface area contributed by atoms with Gasteiger partial charge in [-0.15, -0.1) is 0 Å². The molecule has 10 aromatic rings. The lowest BCUT2D eigenvalue weighted by Crippen LogP contribution is -2.00. The Kier molecular flexibility index (Phi) is 5.35. The van der Waals surface area contributed by atoms with E-state index in [0.29, 0.717) is 45.2 Å². The number of benzene rings is 7. The van der Waals surface area contributed by atoms with Gasteiger partial charge in [0.1, 0.15) is 11.2 Å². The molecule has 50 heavy (non-hydrogen) atoms. The van der Waals surface area contributed by atoms with Crippen LogP contribution in [0.5, 0.6) is 0 Å². The maximum Gasteiger partial charge on any atom is 0.164 e. The van der Waals surface area contributed by atoms with Gasteiger partial charge in [0, 0.05) is 49.5 Å². The summed E-state index contributed by atoms with van der Waals surface area (Å²) in [5.74, 6) is 1.46. The standard InChI is InChI=1S/C45H28N4O/c1-4-14-29(15-5-1)33-21-12-22-35-41-36(23-13-25-40(41)50-42(33)35)45-47-43(30-16-6-2-7-17-30)46-44(48-45)31-26-27-39-37(28-31)34-20-10-11-24-38(34)49(39)32-18-8-3-9-19-32/h1-28H/i1D,4D,5D,14D,15D. The van der Waals surface area contributed by atoms with Gasteiger partial charge in [0.05, 0.1) is 17.9 Å². The summed E-state index contributed by atoms with van der Waals surface area (Å²) >= 11 is 0. The van der Waals surface area contributed by atoms with E-state index in [4.69, 9.17) is 26.2 Å². The normalized spacial score (nSPS) is 13.0. The molecule has 0 saturated heterocycles. The summed E-state index contributed by atoms with van der Waals surface area (Å²) in [4.78, 5) is 15.2. The molecule has 0 N–H and O–H groups in total. The highest BCUT2D eigenvalue weighted by molar-refractivity contribution is 6.15. The zero-order valence-corrected chi connectivity index (χ0v) is 26.5. The van der Waals surface area contributed by atoms with Gasteiger partial charge in [-0.05, 0) is 48.0 Å². The van der Waals surface area contributed by atoms with Gasteiger partial charge < -0.3 is 8.98 Å². The van der Waals surface area contributed by atoms with Crippen LogP contribution in [0.1, 0.15) is 6.85 Å². The lowest BCUT2D eigenvalue weighted by Gasteiger charge is -2.10. The topological polar surface area (TPSA) is 56.7 Å². The molecule has 0 aliphatic carbocycles. The van der Waals surface area contributed by atoms with Crippen LogP contribution in [0.4, 0.5) is 0 Å². The number of para-hydroxylation sites is 3. The molecule has 0 fully saturated rings. The SMILES string of the molecule is [2H]c1c([2H])c([2H])c(-c2cccc3c2oc2cccc(-c4nc(-c5ccccc5)nc(-c5ccc6c(c5)c5ccccc5n6-c5ccccc5)n4)c23)c([2H])c1[2H]. The zero-order chi connectivity index (χ0) is 37.4. The Labute approximate surface area is 294 Å². The second kappa shape index (κ2) is 11.4. The molecule has 10 rings (SSSR count). The molecule has 3 aromatic heterocycles. The third kappa shape index (κ3) is 4.52. The Bertz CT molecular complexity index is 3130. The van der Waals surface area contributed by atoms with Crippen molar-refractivity contribution in [2.24, 2.45) is 0 Å². The Hall–Kier alpha value is -6.85. The highest BCUT2D eigenvalue weighted by atomic mass is 16.3. The summed E-state index contributed by atoms with van der Waals surface area (Å²) < 4.78 is 50.8. The molecule has 0 unspecified atom stereocenters. The molecule has 0 atom stereocenters. The molecule has 0 amide bonds. The van der Waals surface area contributed by atoms with Crippen molar-refractivity contribution in [1.82, 2.24) is 19.5 Å². The average molecular weight is 646 g/mol. The van der Waals surface area contributed by atoms with E-state index in [1.807, 2.05) is 72.8 Å². The van der Waals surface area contributed by atoms with E-state index in [1.54, 1.807) is 12.1 Å². The summed E-state index contributed by atoms with van der Waals surface area (Å²) in [5, 5.41) is 3.63. The first-order valence-electron chi connectivity index (χ1n) is 18.8. The lowest BCUT2D eigenvalue weighted by atomic mass is 10.0. The maximum absolute atomic E-state index is 8.67. The van der Waals surface area contributed by atoms with Crippen molar-refractivity contribution >= 4 is 43.7 Å². The van der Waals surface area contributed by atoms with E-state index in [0.717, 1.165) is 44.0 Å². The molecule has 0 spiro atoms. The molecule has 0 saturated carbocycles. The Balaban J connectivity index is 1.20. The van der Waals surface area contributed by atoms with Crippen molar-refractivity contribution in [1.29, 1.82) is 0 Å². The second-order valence-corrected chi connectivity index (χ2v) is 12.1. The molecule has 3 heterocycles. The Morgan fingerprint density at radius 3 is 1.98 bits per heavy atom. The highest BCUT2D eigenvalue weighted by Gasteiger charge is 2.20. The summed E-state index contributed by atoms with van der Waals surface area (Å²) in [6, 6.07) is 44.1. The van der Waals surface area contributed by atoms with Crippen LogP contribution in [-0.2, 0) is 0 Å². The fourth-order valence-electron chi connectivity index (χ4n) is 6.92. The van der Waals surface area contributed by atoms with Crippen LogP contribution in [0.2, 0.25) is 0 Å². The van der Waals surface area contributed by atoms with Crippen molar-refractivity contribution in [3.63, 3.8) is 0 Å². The van der Waals surface area contributed by atoms with Gasteiger partial charge in [0.2, 0.25) is 0 Å². The highest BCUT2D eigenvalue weighted by Crippen LogP contribution is 2.41. The van der Waals surface area contributed by atoms with Crippen LogP contribution in [0.15, 0.2) is 174 Å². The van der Waals surface area contributed by atoms with Crippen molar-refractivity contribution in [2.75, 3.05) is 0 Å². The van der Waals surface area contributed by atoms with E-state index in [1.165, 1.54) is 0 Å². The van der Waals surface area contributed by atoms with Gasteiger partial charge in [0.25, 0.3) is 0 Å². The van der Waals surface area contributed by atoms with E-state index in [-0.39, 0.29) is 17.6 Å². The molecule has 7 aromatic carbocycles. The van der Waals surface area contributed by atoms with Crippen molar-refractivity contribution < 1.29 is 11.3 Å². The molecule has 5 heteroatoms. The van der Waals surface area contributed by atoms with E-state index in [2.05, 4.69) is 59.2 Å². The maximum atomic E-state index is 8.67. The van der Waals surface area contributed by atoms with E-state index >= 15 is 0 Å². The molecular weight excluding hydrogens is 613 g/mol. The van der Waals surface area contributed by atoms with Gasteiger partial charge in [-0.25, -0.2) is 15.0 Å². The largest absolute Gasteiger partial charge is 0.455 e. The fourth-order valence-corrected chi connectivity index (χ4v) is 6.92. The molecule has 0 bridgehead atoms. The molecule has 0 aliphatic rings. The monoisotopic (exact) mass is 645 g/mol. The van der Waals surface area contributed by atoms with E-state index in [9.17, 15) is 0 Å². The number of hydrogen-bond acceptors (Lipinski definition) is 4. The summed E-state index contributed by atoms with van der Waals surface area (Å²) in [5.41, 5.74) is 7.05. The van der Waals surface area contributed by atoms with Gasteiger partial charge in [-0.1, -0.05) is 127 Å². The first-order chi connectivity index (χ1) is 26.9. The van der Waals surface area contributed by atoms with E-state index < -0.39 is 18.1 Å². The summed E-state index contributed by atoms with van der Waals surface area (Å²) in [6.45, 7) is 0. The Morgan fingerprint density at radius 2 is 1.14 bits per heavy atom. The summed E-state index contributed by atoms with van der Waals surface area (Å²) in [7, 11) is 0. The number of nitrogens with zero attached hydrogens (tertiary/aromatic N) is 4. The number of rotatable bonds is 5. The minimum atomic E-state index is -0.446. The van der Waals surface area contributed by atoms with Crippen LogP contribution in [-0.4, -0.2) is 19.5 Å². The summed E-state index contributed by atoms with van der Waals surface area (Å²) in [6.07, 6.45) is 0. The predicted molar refractivity (Wildman–Crippen MR) is 203 cm³/mol. The third-order valence-corrected chi connectivity index (χ3v) is 9.15. The second-order valence-electron chi connectivity index (χ2n) is 12.1. The smallest absolute Gasteiger partial charge is 0.164 e. The minimum Gasteiger partial charge on any atom is -0.455 e. The number of furan rings is 1. The first kappa shape index (κ1) is 23.5. The fraction of sp³-hybridized carbons (Fsp3) is 0. The molecule has 5 nitrogen and oxygen atoms in total. The first-order valence-corrected chi connectivity index (χ1v) is 16.3. The number of hydrogen-bond donors (Lipinski definition) is 0. The quantitative estimate of drug-likeness (QED) is 0.187. The average Bonchev–Trinajstić information content (AvgIpc) is 3.79. The third-order valence-electron chi connectivity index (χ3n) is 9.15. The number of fused-ring (bicyclic) bond motifs is 6. The van der Waals surface area contributed by atoms with Crippen LogP contribution in [0.3, 0.4) is 0 Å². The van der Waals surface area contributed by atoms with Crippen LogP contribution in [0, 0.1) is 0 Å². The zero-order valence-electron chi connectivity index (χ0n) is 31.5. The van der Waals surface area contributed by atoms with Gasteiger partial charge >= 0.3 is 0 Å². The predicted octanol–water partition coefficient (Wildman–Crippen LogP) is 11.5. The van der Waals surface area contributed by atoms with Crippen LogP contribution < -0.4 is 0 Å². The van der Waals surface area contributed by atoms with Gasteiger partial charge in [-0.3, -0.25) is 0 Å². The minimum absolute atomic E-state index is 0.0787. The van der Waals surface area contributed by atoms with Gasteiger partial charge in [0.15, 0.2) is 17.5 Å². The molecular formula is C45H28N4O. The lowest BCUT2D eigenvalue weighted by molar-refractivity contribution is 0.670. The van der Waals surface area contributed by atoms with Gasteiger partial charge in [-0.2, -0.15) is 0 Å². The number of aromatic nitrogens is 4. The molecule has 0 radical (unpaired) electrons. The molecule has 234 valence electrons.